The molecule has 0 spiro atoms. The van der Waals surface area contributed by atoms with Crippen molar-refractivity contribution in [3.63, 3.8) is 0 Å². The Morgan fingerprint density at radius 2 is 1.95 bits per heavy atom. The first-order valence-corrected chi connectivity index (χ1v) is 6.95. The minimum atomic E-state index is 0.289. The molecule has 0 aliphatic carbocycles. The van der Waals surface area contributed by atoms with Crippen molar-refractivity contribution in [1.82, 2.24) is 15.3 Å². The van der Waals surface area contributed by atoms with Crippen LogP contribution in [0.2, 0.25) is 0 Å². The van der Waals surface area contributed by atoms with E-state index in [0.29, 0.717) is 0 Å². The van der Waals surface area contributed by atoms with Gasteiger partial charge in [0.05, 0.1) is 12.0 Å². The van der Waals surface area contributed by atoms with E-state index in [1.807, 2.05) is 6.92 Å². The maximum absolute atomic E-state index is 4.33. The zero-order valence-corrected chi connectivity index (χ0v) is 11.9. The molecule has 2 N–H and O–H groups in total. The molecule has 0 radical (unpaired) electrons. The monoisotopic (exact) mass is 265 g/mol. The fourth-order valence-electron chi connectivity index (χ4n) is 2.55. The Bertz CT molecular complexity index is 710. The largest absolute Gasteiger partial charge is 0.348 e. The molecule has 0 amide bonds. The fourth-order valence-corrected chi connectivity index (χ4v) is 2.55. The van der Waals surface area contributed by atoms with Crippen LogP contribution in [0.1, 0.15) is 29.9 Å². The lowest BCUT2D eigenvalue weighted by Gasteiger charge is -2.16. The van der Waals surface area contributed by atoms with Gasteiger partial charge in [-0.15, -0.1) is 0 Å². The number of imidazole rings is 1. The molecule has 1 aromatic heterocycles. The van der Waals surface area contributed by atoms with Crippen molar-refractivity contribution in [2.75, 3.05) is 0 Å². The lowest BCUT2D eigenvalue weighted by atomic mass is 9.99. The number of H-pyrrole nitrogens is 1. The maximum Gasteiger partial charge on any atom is 0.0925 e. The molecule has 1 unspecified atom stereocenters. The van der Waals surface area contributed by atoms with Gasteiger partial charge >= 0.3 is 0 Å². The lowest BCUT2D eigenvalue weighted by Crippen LogP contribution is -2.19. The van der Waals surface area contributed by atoms with Crippen molar-refractivity contribution in [3.05, 3.63) is 65.7 Å². The van der Waals surface area contributed by atoms with E-state index in [2.05, 4.69) is 64.7 Å². The highest BCUT2D eigenvalue weighted by Gasteiger charge is 2.09. The number of aromatic nitrogens is 2. The Morgan fingerprint density at radius 3 is 2.75 bits per heavy atom. The predicted octanol–water partition coefficient (Wildman–Crippen LogP) is 3.72. The molecule has 3 aromatic rings. The Hall–Kier alpha value is -2.13. The van der Waals surface area contributed by atoms with E-state index in [1.54, 1.807) is 6.33 Å². The van der Waals surface area contributed by atoms with Crippen molar-refractivity contribution in [3.8, 4) is 0 Å². The van der Waals surface area contributed by atoms with E-state index in [0.717, 1.165) is 17.9 Å². The van der Waals surface area contributed by atoms with Gasteiger partial charge in [-0.25, -0.2) is 4.98 Å². The average molecular weight is 265 g/mol. The molecule has 1 heterocycles. The molecule has 1 atom stereocenters. The molecule has 0 aliphatic rings. The molecule has 0 aliphatic heterocycles. The number of hydrogen-bond acceptors (Lipinski definition) is 2. The minimum Gasteiger partial charge on any atom is -0.348 e. The van der Waals surface area contributed by atoms with Crippen LogP contribution >= 0.6 is 0 Å². The highest BCUT2D eigenvalue weighted by atomic mass is 15.0. The smallest absolute Gasteiger partial charge is 0.0925 e. The second-order valence-corrected chi connectivity index (χ2v) is 5.15. The average Bonchev–Trinajstić information content (AvgIpc) is 2.89. The normalized spacial score (nSPS) is 12.7. The lowest BCUT2D eigenvalue weighted by molar-refractivity contribution is 0.571. The number of hydrogen-bond donors (Lipinski definition) is 2. The van der Waals surface area contributed by atoms with Gasteiger partial charge in [-0.2, -0.15) is 0 Å². The molecule has 3 heteroatoms. The van der Waals surface area contributed by atoms with E-state index in [1.165, 1.54) is 16.3 Å². The molecule has 0 saturated carbocycles. The number of aryl methyl sites for hydroxylation is 1. The van der Waals surface area contributed by atoms with Gasteiger partial charge in [0, 0.05) is 18.3 Å². The third-order valence-corrected chi connectivity index (χ3v) is 3.80. The Labute approximate surface area is 119 Å². The summed E-state index contributed by atoms with van der Waals surface area (Å²) in [6.07, 6.45) is 1.74. The number of aromatic amines is 1. The van der Waals surface area contributed by atoms with Gasteiger partial charge in [0.15, 0.2) is 0 Å². The number of nitrogens with zero attached hydrogens (tertiary/aromatic N) is 1. The molecule has 0 saturated heterocycles. The SMILES string of the molecule is Cc1[nH]cnc1CNC(C)c1cccc2ccccc12. The Morgan fingerprint density at radius 1 is 1.15 bits per heavy atom. The van der Waals surface area contributed by atoms with Crippen LogP contribution in [0.4, 0.5) is 0 Å². The van der Waals surface area contributed by atoms with Gasteiger partial charge in [-0.05, 0) is 30.2 Å². The zero-order valence-electron chi connectivity index (χ0n) is 11.9. The topological polar surface area (TPSA) is 40.7 Å². The second kappa shape index (κ2) is 5.47. The summed E-state index contributed by atoms with van der Waals surface area (Å²) < 4.78 is 0. The van der Waals surface area contributed by atoms with E-state index < -0.39 is 0 Å². The van der Waals surface area contributed by atoms with Crippen LogP contribution in [0, 0.1) is 6.92 Å². The predicted molar refractivity (Wildman–Crippen MR) is 82.5 cm³/mol. The van der Waals surface area contributed by atoms with Crippen LogP contribution in [0.25, 0.3) is 10.8 Å². The Balaban J connectivity index is 1.82. The van der Waals surface area contributed by atoms with Crippen molar-refractivity contribution in [2.45, 2.75) is 26.4 Å². The zero-order chi connectivity index (χ0) is 13.9. The summed E-state index contributed by atoms with van der Waals surface area (Å²) in [6.45, 7) is 5.02. The van der Waals surface area contributed by atoms with Crippen molar-refractivity contribution >= 4 is 10.8 Å². The first-order valence-electron chi connectivity index (χ1n) is 6.95. The van der Waals surface area contributed by atoms with Crippen molar-refractivity contribution in [1.29, 1.82) is 0 Å². The molecule has 3 nitrogen and oxygen atoms in total. The quantitative estimate of drug-likeness (QED) is 0.754. The highest BCUT2D eigenvalue weighted by molar-refractivity contribution is 5.86. The maximum atomic E-state index is 4.33. The van der Waals surface area contributed by atoms with Crippen molar-refractivity contribution < 1.29 is 0 Å². The first kappa shape index (κ1) is 12.9. The number of nitrogens with one attached hydrogen (secondary N) is 2. The molecule has 3 rings (SSSR count). The van der Waals surface area contributed by atoms with Gasteiger partial charge in [-0.1, -0.05) is 42.5 Å². The standard InChI is InChI=1S/C17H19N3/c1-12(18-10-17-13(2)19-11-20-17)15-9-5-7-14-6-3-4-8-16(14)15/h3-9,11-12,18H,10H2,1-2H3,(H,19,20). The van der Waals surface area contributed by atoms with Crippen LogP contribution in [0.5, 0.6) is 0 Å². The van der Waals surface area contributed by atoms with Gasteiger partial charge in [-0.3, -0.25) is 0 Å². The number of fused-ring (bicyclic) bond motifs is 1. The molecule has 0 fully saturated rings. The molecule has 0 bridgehead atoms. The van der Waals surface area contributed by atoms with Crippen molar-refractivity contribution in [2.24, 2.45) is 0 Å². The van der Waals surface area contributed by atoms with Crippen LogP contribution in [-0.4, -0.2) is 9.97 Å². The van der Waals surface area contributed by atoms with E-state index in [9.17, 15) is 0 Å². The van der Waals surface area contributed by atoms with E-state index in [-0.39, 0.29) is 6.04 Å². The molecule has 2 aromatic carbocycles. The van der Waals surface area contributed by atoms with Crippen LogP contribution in [-0.2, 0) is 6.54 Å². The number of rotatable bonds is 4. The summed E-state index contributed by atoms with van der Waals surface area (Å²) in [5, 5.41) is 6.15. The van der Waals surface area contributed by atoms with Crippen LogP contribution in [0.15, 0.2) is 48.8 Å². The Kier molecular flexibility index (Phi) is 3.52. The van der Waals surface area contributed by atoms with E-state index in [4.69, 9.17) is 0 Å². The van der Waals surface area contributed by atoms with Crippen LogP contribution in [0.3, 0.4) is 0 Å². The summed E-state index contributed by atoms with van der Waals surface area (Å²) in [4.78, 5) is 7.44. The number of benzene rings is 2. The molecular formula is C17H19N3. The third-order valence-electron chi connectivity index (χ3n) is 3.80. The molecule has 102 valence electrons. The summed E-state index contributed by atoms with van der Waals surface area (Å²) in [7, 11) is 0. The molecule has 20 heavy (non-hydrogen) atoms. The minimum absolute atomic E-state index is 0.289. The van der Waals surface area contributed by atoms with E-state index >= 15 is 0 Å². The first-order chi connectivity index (χ1) is 9.75. The van der Waals surface area contributed by atoms with Gasteiger partial charge in [0.2, 0.25) is 0 Å². The molecular weight excluding hydrogens is 246 g/mol. The third kappa shape index (κ3) is 2.45. The summed E-state index contributed by atoms with van der Waals surface area (Å²) in [5.74, 6) is 0. The summed E-state index contributed by atoms with van der Waals surface area (Å²) >= 11 is 0. The summed E-state index contributed by atoms with van der Waals surface area (Å²) in [5.41, 5.74) is 3.54. The fraction of sp³-hybridized carbons (Fsp3) is 0.235. The van der Waals surface area contributed by atoms with Gasteiger partial charge in [0.25, 0.3) is 0 Å². The van der Waals surface area contributed by atoms with Crippen LogP contribution < -0.4 is 5.32 Å². The van der Waals surface area contributed by atoms with Gasteiger partial charge in [0.1, 0.15) is 0 Å². The highest BCUT2D eigenvalue weighted by Crippen LogP contribution is 2.24. The second-order valence-electron chi connectivity index (χ2n) is 5.15. The van der Waals surface area contributed by atoms with Gasteiger partial charge < -0.3 is 10.3 Å². The summed E-state index contributed by atoms with van der Waals surface area (Å²) in [6, 6.07) is 15.3.